The maximum atomic E-state index is 13.7. The number of aromatic nitrogens is 2. The zero-order chi connectivity index (χ0) is 38.1. The number of nitrogens with two attached hydrogens (primary N) is 1. The van der Waals surface area contributed by atoms with Gasteiger partial charge in [0.15, 0.2) is 11.6 Å². The monoisotopic (exact) mass is 760 g/mol. The van der Waals surface area contributed by atoms with Gasteiger partial charge in [0.2, 0.25) is 11.8 Å². The number of benzene rings is 3. The quantitative estimate of drug-likeness (QED) is 0.0973. The molecule has 2 fully saturated rings. The van der Waals surface area contributed by atoms with Gasteiger partial charge in [-0.15, -0.1) is 11.8 Å². The van der Waals surface area contributed by atoms with E-state index in [1.165, 1.54) is 0 Å². The molecule has 2 saturated heterocycles. The predicted octanol–water partition coefficient (Wildman–Crippen LogP) is 6.13. The van der Waals surface area contributed by atoms with Crippen molar-refractivity contribution in [3.63, 3.8) is 0 Å². The van der Waals surface area contributed by atoms with Crippen LogP contribution < -0.4 is 21.1 Å². The van der Waals surface area contributed by atoms with Crippen molar-refractivity contribution in [3.8, 4) is 22.8 Å². The molecule has 4 N–H and O–H groups in total. The number of nitrogens with zero attached hydrogens (tertiary/aromatic N) is 3. The highest BCUT2D eigenvalue weighted by Gasteiger charge is 2.41. The maximum absolute atomic E-state index is 13.7. The number of Topliss-reactive ketones (excluding diaryl/α,β-unsaturated/α-hetero) is 2. The van der Waals surface area contributed by atoms with E-state index >= 15 is 0 Å². The Bertz CT molecular complexity index is 2130. The lowest BCUT2D eigenvalue weighted by Crippen LogP contribution is -2.45. The standard InChI is InChI=1S/C42H44N6O6S/c43-40(52)37-38(26-9-11-28(12-10-26)54-27-5-2-1-3-6-27)46-48-32(17-20-44-41(37)48)25-18-21-47(22-19-25)23-24-55-34-8-4-7-31-36(34)33(49)15-13-29(39(31)51)30-14-16-35(50)45-42(30)53/h1-12,25,29-30,32,44H,13-24H2,(H2,43,52)(H,45,50,53). The molecule has 3 unspecified atom stereocenters. The second-order valence-corrected chi connectivity index (χ2v) is 15.9. The van der Waals surface area contributed by atoms with E-state index in [1.807, 2.05) is 71.4 Å². The van der Waals surface area contributed by atoms with Crippen molar-refractivity contribution in [1.82, 2.24) is 20.0 Å². The number of anilines is 1. The Morgan fingerprint density at radius 2 is 1.60 bits per heavy atom. The summed E-state index contributed by atoms with van der Waals surface area (Å²) in [6.07, 6.45) is 3.89. The van der Waals surface area contributed by atoms with Crippen LogP contribution in [0.4, 0.5) is 5.82 Å². The second kappa shape index (κ2) is 15.8. The van der Waals surface area contributed by atoms with E-state index in [-0.39, 0.29) is 36.4 Å². The van der Waals surface area contributed by atoms with Gasteiger partial charge in [0.25, 0.3) is 5.91 Å². The van der Waals surface area contributed by atoms with E-state index in [9.17, 15) is 24.0 Å². The SMILES string of the molecule is NC(=O)c1c(-c2ccc(Oc3ccccc3)cc2)nn2c1NCCC2C1CCN(CCSc2cccc3c2C(=O)CCC(C2CCC(=O)NC2=O)C3=O)CC1. The normalized spacial score (nSPS) is 21.9. The van der Waals surface area contributed by atoms with Gasteiger partial charge in [-0.1, -0.05) is 30.3 Å². The summed E-state index contributed by atoms with van der Waals surface area (Å²) in [4.78, 5) is 67.6. The molecule has 3 atom stereocenters. The molecule has 4 heterocycles. The molecule has 8 rings (SSSR count). The van der Waals surface area contributed by atoms with E-state index in [0.717, 1.165) is 67.4 Å². The summed E-state index contributed by atoms with van der Waals surface area (Å²) in [5, 5.41) is 10.8. The molecule has 3 aromatic carbocycles. The smallest absolute Gasteiger partial charge is 0.254 e. The molecule has 0 saturated carbocycles. The van der Waals surface area contributed by atoms with Gasteiger partial charge in [0.05, 0.1) is 6.04 Å². The van der Waals surface area contributed by atoms with E-state index in [2.05, 4.69) is 15.5 Å². The number of imide groups is 1. The number of amides is 3. The lowest BCUT2D eigenvalue weighted by Gasteiger charge is -2.38. The van der Waals surface area contributed by atoms with E-state index < -0.39 is 23.7 Å². The molecule has 3 aliphatic heterocycles. The number of thioether (sulfide) groups is 1. The zero-order valence-electron chi connectivity index (χ0n) is 30.5. The Morgan fingerprint density at radius 3 is 2.35 bits per heavy atom. The molecule has 0 bridgehead atoms. The third-order valence-electron chi connectivity index (χ3n) is 11.5. The van der Waals surface area contributed by atoms with E-state index in [0.29, 0.717) is 52.7 Å². The summed E-state index contributed by atoms with van der Waals surface area (Å²) in [7, 11) is 0. The first-order valence-electron chi connectivity index (χ1n) is 19.1. The van der Waals surface area contributed by atoms with Crippen molar-refractivity contribution in [2.24, 2.45) is 23.5 Å². The van der Waals surface area contributed by atoms with Crippen molar-refractivity contribution in [1.29, 1.82) is 0 Å². The molecule has 55 heavy (non-hydrogen) atoms. The third-order valence-corrected chi connectivity index (χ3v) is 12.5. The number of rotatable bonds is 10. The minimum atomic E-state index is -0.613. The third kappa shape index (κ3) is 7.55. The lowest BCUT2D eigenvalue weighted by atomic mass is 9.79. The molecule has 4 aromatic rings. The maximum Gasteiger partial charge on any atom is 0.254 e. The zero-order valence-corrected chi connectivity index (χ0v) is 31.3. The molecule has 3 amide bonds. The Balaban J connectivity index is 0.900. The van der Waals surface area contributed by atoms with Crippen LogP contribution in [0.15, 0.2) is 77.7 Å². The average molecular weight is 761 g/mol. The van der Waals surface area contributed by atoms with Crippen molar-refractivity contribution < 1.29 is 28.7 Å². The van der Waals surface area contributed by atoms with Gasteiger partial charge in [-0.05, 0) is 93.6 Å². The number of primary amides is 1. The largest absolute Gasteiger partial charge is 0.457 e. The van der Waals surface area contributed by atoms with Crippen LogP contribution in [0.5, 0.6) is 11.5 Å². The van der Waals surface area contributed by atoms with Crippen molar-refractivity contribution in [2.75, 3.05) is 37.2 Å². The molecule has 1 aliphatic carbocycles. The van der Waals surface area contributed by atoms with Gasteiger partial charge in [-0.3, -0.25) is 29.3 Å². The van der Waals surface area contributed by atoms with Crippen LogP contribution >= 0.6 is 11.8 Å². The Hall–Kier alpha value is -5.27. The van der Waals surface area contributed by atoms with Gasteiger partial charge in [-0.25, -0.2) is 4.68 Å². The van der Waals surface area contributed by atoms with Gasteiger partial charge < -0.3 is 20.7 Å². The summed E-state index contributed by atoms with van der Waals surface area (Å²) < 4.78 is 7.96. The highest BCUT2D eigenvalue weighted by molar-refractivity contribution is 7.99. The van der Waals surface area contributed by atoms with Crippen molar-refractivity contribution in [3.05, 3.63) is 89.5 Å². The second-order valence-electron chi connectivity index (χ2n) is 14.8. The molecular formula is C42H44N6O6S. The van der Waals surface area contributed by atoms with E-state index in [4.69, 9.17) is 15.6 Å². The highest BCUT2D eigenvalue weighted by Crippen LogP contribution is 2.41. The van der Waals surface area contributed by atoms with Crippen molar-refractivity contribution in [2.45, 2.75) is 55.9 Å². The van der Waals surface area contributed by atoms with Crippen LogP contribution in [0.1, 0.15) is 82.1 Å². The first kappa shape index (κ1) is 36.7. The first-order chi connectivity index (χ1) is 26.7. The molecule has 0 spiro atoms. The Morgan fingerprint density at radius 1 is 0.855 bits per heavy atom. The van der Waals surface area contributed by atoms with E-state index in [1.54, 1.807) is 17.8 Å². The van der Waals surface area contributed by atoms with Gasteiger partial charge >= 0.3 is 0 Å². The van der Waals surface area contributed by atoms with Crippen LogP contribution in [0.3, 0.4) is 0 Å². The molecule has 12 nitrogen and oxygen atoms in total. The predicted molar refractivity (Wildman–Crippen MR) is 208 cm³/mol. The number of likely N-dealkylation sites (tertiary alicyclic amines) is 1. The summed E-state index contributed by atoms with van der Waals surface area (Å²) >= 11 is 1.59. The first-order valence-corrected chi connectivity index (χ1v) is 20.1. The fraction of sp³-hybridized carbons (Fsp3) is 0.381. The highest BCUT2D eigenvalue weighted by atomic mass is 32.2. The van der Waals surface area contributed by atoms with Crippen LogP contribution in [-0.4, -0.2) is 75.9 Å². The minimum absolute atomic E-state index is 0.0706. The molecule has 0 radical (unpaired) electrons. The number of piperidine rings is 2. The van der Waals surface area contributed by atoms with Gasteiger partial charge in [0, 0.05) is 65.1 Å². The number of carbonyl (C=O) groups is 5. The summed E-state index contributed by atoms with van der Waals surface area (Å²) in [5.41, 5.74) is 8.58. The van der Waals surface area contributed by atoms with Gasteiger partial charge in [-0.2, -0.15) is 5.10 Å². The fourth-order valence-electron chi connectivity index (χ4n) is 8.69. The summed E-state index contributed by atoms with van der Waals surface area (Å²) in [6, 6.07) is 22.7. The number of ether oxygens (including phenoxy) is 1. The summed E-state index contributed by atoms with van der Waals surface area (Å²) in [6.45, 7) is 3.40. The number of hydrogen-bond donors (Lipinski definition) is 3. The van der Waals surface area contributed by atoms with Crippen LogP contribution in [0.25, 0.3) is 11.3 Å². The Labute approximate surface area is 323 Å². The Kier molecular flexibility index (Phi) is 10.6. The van der Waals surface area contributed by atoms with Crippen molar-refractivity contribution >= 4 is 46.9 Å². The number of carbonyl (C=O) groups excluding carboxylic acids is 5. The molecule has 13 heteroatoms. The lowest BCUT2D eigenvalue weighted by molar-refractivity contribution is -0.137. The number of fused-ring (bicyclic) bond motifs is 2. The molecule has 4 aliphatic rings. The topological polar surface area (TPSA) is 166 Å². The van der Waals surface area contributed by atoms with Crippen LogP contribution in [-0.2, 0) is 9.59 Å². The molecule has 1 aromatic heterocycles. The molecular weight excluding hydrogens is 717 g/mol. The number of hydrogen-bond acceptors (Lipinski definition) is 10. The summed E-state index contributed by atoms with van der Waals surface area (Å²) in [5.74, 6) is 0.533. The number of nitrogens with one attached hydrogen (secondary N) is 2. The van der Waals surface area contributed by atoms with Crippen LogP contribution in [0.2, 0.25) is 0 Å². The number of ketones is 2. The minimum Gasteiger partial charge on any atom is -0.457 e. The van der Waals surface area contributed by atoms with Gasteiger partial charge in [0.1, 0.15) is 28.6 Å². The number of para-hydroxylation sites is 1. The fourth-order valence-corrected chi connectivity index (χ4v) is 9.80. The molecule has 284 valence electrons. The average Bonchev–Trinajstić information content (AvgIpc) is 3.54. The van der Waals surface area contributed by atoms with Crippen LogP contribution in [0, 0.1) is 17.8 Å².